The van der Waals surface area contributed by atoms with E-state index in [-0.39, 0.29) is 17.5 Å². The first kappa shape index (κ1) is 23.5. The molecular formula is C26H35NO3P+. The first-order chi connectivity index (χ1) is 14.8. The van der Waals surface area contributed by atoms with Gasteiger partial charge in [-0.2, -0.15) is 0 Å². The number of hydrogen-bond donors (Lipinski definition) is 1. The Bertz CT molecular complexity index is 896. The topological polar surface area (TPSA) is 55.4 Å². The lowest BCUT2D eigenvalue weighted by Gasteiger charge is -2.29. The molecular weight excluding hydrogens is 405 g/mol. The van der Waals surface area contributed by atoms with Gasteiger partial charge in [0.2, 0.25) is 0 Å². The number of anilines is 1. The van der Waals surface area contributed by atoms with Crippen molar-refractivity contribution in [3.63, 3.8) is 0 Å². The van der Waals surface area contributed by atoms with E-state index >= 15 is 0 Å². The molecule has 0 spiro atoms. The van der Waals surface area contributed by atoms with E-state index in [2.05, 4.69) is 31.3 Å². The van der Waals surface area contributed by atoms with Crippen LogP contribution < -0.4 is 5.32 Å². The number of aryl methyl sites for hydroxylation is 3. The third-order valence-corrected chi connectivity index (χ3v) is 11.6. The van der Waals surface area contributed by atoms with Crippen LogP contribution in [0.4, 0.5) is 5.69 Å². The fraction of sp³-hybridized carbons (Fsp3) is 0.462. The Hall–Kier alpha value is -2.19. The zero-order chi connectivity index (χ0) is 22.4. The predicted molar refractivity (Wildman–Crippen MR) is 130 cm³/mol. The molecule has 1 atom stereocenters. The van der Waals surface area contributed by atoms with Gasteiger partial charge in [0.25, 0.3) is 5.91 Å². The number of carbonyl (C=O) groups is 2. The highest BCUT2D eigenvalue weighted by Crippen LogP contribution is 2.68. The van der Waals surface area contributed by atoms with Gasteiger partial charge in [0, 0.05) is 12.9 Å². The third kappa shape index (κ3) is 5.74. The van der Waals surface area contributed by atoms with Crippen molar-refractivity contribution in [1.29, 1.82) is 0 Å². The van der Waals surface area contributed by atoms with Crippen LogP contribution in [-0.2, 0) is 20.9 Å². The van der Waals surface area contributed by atoms with E-state index in [1.165, 1.54) is 5.56 Å². The number of carbonyl (C=O) groups excluding carboxylic acids is 2. The van der Waals surface area contributed by atoms with Crippen molar-refractivity contribution < 1.29 is 14.3 Å². The smallest absolute Gasteiger partial charge is 0.344 e. The van der Waals surface area contributed by atoms with Gasteiger partial charge >= 0.3 is 5.97 Å². The SMILES string of the molecule is CCC(C(=O)Nc1c(C)cc(C)cc1C)[P+]1(CC(=O)OCc2ccccc2)CCCC1. The maximum absolute atomic E-state index is 13.5. The molecule has 166 valence electrons. The Morgan fingerprint density at radius 2 is 1.65 bits per heavy atom. The molecule has 1 unspecified atom stereocenters. The number of ether oxygens (including phenoxy) is 1. The molecule has 0 aromatic heterocycles. The largest absolute Gasteiger partial charge is 0.458 e. The highest BCUT2D eigenvalue weighted by molar-refractivity contribution is 7.78. The minimum Gasteiger partial charge on any atom is -0.458 e. The summed E-state index contributed by atoms with van der Waals surface area (Å²) < 4.78 is 5.62. The maximum Gasteiger partial charge on any atom is 0.344 e. The average molecular weight is 441 g/mol. The Labute approximate surface area is 187 Å². The standard InChI is InChI=1S/C26H34NO3P/c1-5-23(26(29)27-25-20(3)15-19(2)16-21(25)4)31(13-9-10-14-31)18-24(28)30-17-22-11-7-6-8-12-22/h6-8,11-12,15-16,23H,5,9-10,13-14,17-18H2,1-4H3/p+1. The molecule has 1 amide bonds. The number of amides is 1. The highest BCUT2D eigenvalue weighted by atomic mass is 31.2. The van der Waals surface area contributed by atoms with Crippen LogP contribution >= 0.6 is 7.26 Å². The van der Waals surface area contributed by atoms with Crippen LogP contribution in [0, 0.1) is 20.8 Å². The minimum absolute atomic E-state index is 0.0728. The van der Waals surface area contributed by atoms with E-state index in [9.17, 15) is 9.59 Å². The number of nitrogens with one attached hydrogen (secondary N) is 1. The highest BCUT2D eigenvalue weighted by Gasteiger charge is 2.52. The molecule has 0 bridgehead atoms. The molecule has 1 saturated heterocycles. The Morgan fingerprint density at radius 1 is 1.03 bits per heavy atom. The van der Waals surface area contributed by atoms with E-state index < -0.39 is 7.26 Å². The van der Waals surface area contributed by atoms with Gasteiger partial charge in [0.1, 0.15) is 12.3 Å². The summed E-state index contributed by atoms with van der Waals surface area (Å²) in [6, 6.07) is 14.0. The molecule has 1 N–H and O–H groups in total. The molecule has 1 fully saturated rings. The van der Waals surface area contributed by atoms with Crippen LogP contribution in [0.1, 0.15) is 48.4 Å². The zero-order valence-corrected chi connectivity index (χ0v) is 20.1. The van der Waals surface area contributed by atoms with Gasteiger partial charge in [0.15, 0.2) is 6.16 Å². The second-order valence-electron chi connectivity index (χ2n) is 8.86. The number of esters is 1. The van der Waals surface area contributed by atoms with Crippen LogP contribution in [0.25, 0.3) is 0 Å². The number of hydrogen-bond acceptors (Lipinski definition) is 3. The summed E-state index contributed by atoms with van der Waals surface area (Å²) in [5.74, 6) is -0.0864. The fourth-order valence-electron chi connectivity index (χ4n) is 4.99. The lowest BCUT2D eigenvalue weighted by atomic mass is 10.0. The van der Waals surface area contributed by atoms with Crippen molar-refractivity contribution in [2.75, 3.05) is 23.8 Å². The second kappa shape index (κ2) is 10.4. The Balaban J connectivity index is 1.73. The molecule has 0 aliphatic carbocycles. The molecule has 5 heteroatoms. The van der Waals surface area contributed by atoms with E-state index in [1.54, 1.807) is 0 Å². The summed E-state index contributed by atoms with van der Waals surface area (Å²) in [5, 5.41) is 3.23. The van der Waals surface area contributed by atoms with E-state index in [0.29, 0.717) is 12.8 Å². The number of benzene rings is 2. The summed E-state index contributed by atoms with van der Waals surface area (Å²) in [5.41, 5.74) is 5.17. The van der Waals surface area contributed by atoms with Crippen molar-refractivity contribution in [1.82, 2.24) is 0 Å². The van der Waals surface area contributed by atoms with Crippen LogP contribution in [-0.4, -0.2) is 36.0 Å². The second-order valence-corrected chi connectivity index (χ2v) is 13.1. The third-order valence-electron chi connectivity index (χ3n) is 6.42. The van der Waals surface area contributed by atoms with Crippen LogP contribution in [0.3, 0.4) is 0 Å². The van der Waals surface area contributed by atoms with Crippen LogP contribution in [0.5, 0.6) is 0 Å². The molecule has 0 radical (unpaired) electrons. The Kier molecular flexibility index (Phi) is 7.89. The molecule has 31 heavy (non-hydrogen) atoms. The first-order valence-corrected chi connectivity index (χ1v) is 13.7. The van der Waals surface area contributed by atoms with Crippen molar-refractivity contribution in [3.8, 4) is 0 Å². The molecule has 1 aliphatic rings. The molecule has 2 aromatic carbocycles. The van der Waals surface area contributed by atoms with E-state index in [0.717, 1.165) is 54.0 Å². The summed E-state index contributed by atoms with van der Waals surface area (Å²) in [6.07, 6.45) is 5.39. The van der Waals surface area contributed by atoms with Gasteiger partial charge < -0.3 is 10.1 Å². The molecule has 1 heterocycles. The van der Waals surface area contributed by atoms with Crippen LogP contribution in [0.2, 0.25) is 0 Å². The lowest BCUT2D eigenvalue weighted by Crippen LogP contribution is -2.34. The maximum atomic E-state index is 13.5. The minimum atomic E-state index is -1.75. The quantitative estimate of drug-likeness (QED) is 0.412. The molecule has 1 aliphatic heterocycles. The van der Waals surface area contributed by atoms with Gasteiger partial charge in [-0.1, -0.05) is 55.0 Å². The fourth-order valence-corrected chi connectivity index (χ4v) is 10.0. The van der Waals surface area contributed by atoms with Crippen molar-refractivity contribution >= 4 is 24.8 Å². The molecule has 2 aromatic rings. The molecule has 3 rings (SSSR count). The van der Waals surface area contributed by atoms with E-state index in [1.807, 2.05) is 44.2 Å². The van der Waals surface area contributed by atoms with E-state index in [4.69, 9.17) is 4.74 Å². The van der Waals surface area contributed by atoms with Gasteiger partial charge in [-0.05, 0) is 56.7 Å². The number of rotatable bonds is 8. The predicted octanol–water partition coefficient (Wildman–Crippen LogP) is 5.88. The van der Waals surface area contributed by atoms with Crippen LogP contribution in [0.15, 0.2) is 42.5 Å². The van der Waals surface area contributed by atoms with Crippen molar-refractivity contribution in [3.05, 3.63) is 64.7 Å². The van der Waals surface area contributed by atoms with Gasteiger partial charge in [0.05, 0.1) is 12.3 Å². The van der Waals surface area contributed by atoms with Crippen molar-refractivity contribution in [2.24, 2.45) is 0 Å². The summed E-state index contributed by atoms with van der Waals surface area (Å²) in [4.78, 5) is 26.2. The lowest BCUT2D eigenvalue weighted by molar-refractivity contribution is -0.141. The Morgan fingerprint density at radius 3 is 2.23 bits per heavy atom. The average Bonchev–Trinajstić information content (AvgIpc) is 3.19. The molecule has 0 saturated carbocycles. The van der Waals surface area contributed by atoms with Gasteiger partial charge in [-0.15, -0.1) is 0 Å². The summed E-state index contributed by atoms with van der Waals surface area (Å²) in [6.45, 7) is 8.52. The van der Waals surface area contributed by atoms with Gasteiger partial charge in [-0.3, -0.25) is 4.79 Å². The summed E-state index contributed by atoms with van der Waals surface area (Å²) in [7, 11) is -1.75. The normalized spacial score (nSPS) is 16.0. The molecule has 4 nitrogen and oxygen atoms in total. The first-order valence-electron chi connectivity index (χ1n) is 11.3. The zero-order valence-electron chi connectivity index (χ0n) is 19.2. The van der Waals surface area contributed by atoms with Gasteiger partial charge in [-0.25, -0.2) is 4.79 Å². The monoisotopic (exact) mass is 440 g/mol. The summed E-state index contributed by atoms with van der Waals surface area (Å²) >= 11 is 0. The van der Waals surface area contributed by atoms with Crippen molar-refractivity contribution in [2.45, 2.75) is 59.2 Å².